The number of fused-ring (bicyclic) bond motifs is 1. The number of amides is 2. The Bertz CT molecular complexity index is 951. The third-order valence-electron chi connectivity index (χ3n) is 4.93. The Morgan fingerprint density at radius 1 is 1.24 bits per heavy atom. The molecule has 0 radical (unpaired) electrons. The average molecular weight is 451 g/mol. The first-order valence-electron chi connectivity index (χ1n) is 8.57. The van der Waals surface area contributed by atoms with Crippen molar-refractivity contribution in [3.8, 4) is 0 Å². The number of aliphatic hydroxyl groups is 1. The minimum atomic E-state index is -4.89. The van der Waals surface area contributed by atoms with Crippen LogP contribution in [-0.2, 0) is 12.0 Å². The van der Waals surface area contributed by atoms with Gasteiger partial charge in [-0.05, 0) is 54.7 Å². The molecular formula is C19H16Cl2F4N2O2. The van der Waals surface area contributed by atoms with E-state index in [1.54, 1.807) is 6.92 Å². The summed E-state index contributed by atoms with van der Waals surface area (Å²) in [7, 11) is 0. The SMILES string of the molecule is C[C@@H](NC(=O)Nc1c(Cl)cc2c(c1Cl)CC[C@@]2(O)C(F)(F)F)c1ccc(F)cc1. The van der Waals surface area contributed by atoms with Gasteiger partial charge in [-0.25, -0.2) is 9.18 Å². The van der Waals surface area contributed by atoms with Crippen molar-refractivity contribution >= 4 is 34.9 Å². The van der Waals surface area contributed by atoms with Gasteiger partial charge in [0.1, 0.15) is 5.82 Å². The second kappa shape index (κ2) is 7.66. The number of nitrogens with one attached hydrogen (secondary N) is 2. The van der Waals surface area contributed by atoms with Crippen molar-refractivity contribution in [1.82, 2.24) is 5.32 Å². The van der Waals surface area contributed by atoms with E-state index in [0.29, 0.717) is 5.56 Å². The maximum absolute atomic E-state index is 13.3. The lowest BCUT2D eigenvalue weighted by Gasteiger charge is -2.27. The van der Waals surface area contributed by atoms with Crippen molar-refractivity contribution < 1.29 is 27.5 Å². The fourth-order valence-electron chi connectivity index (χ4n) is 3.30. The van der Waals surface area contributed by atoms with E-state index in [-0.39, 0.29) is 27.7 Å². The first kappa shape index (κ1) is 21.7. The maximum Gasteiger partial charge on any atom is 0.421 e. The zero-order chi connectivity index (χ0) is 21.6. The second-order valence-electron chi connectivity index (χ2n) is 6.80. The summed E-state index contributed by atoms with van der Waals surface area (Å²) in [5.41, 5.74) is -2.78. The molecule has 2 aromatic carbocycles. The van der Waals surface area contributed by atoms with E-state index < -0.39 is 41.7 Å². The predicted molar refractivity (Wildman–Crippen MR) is 102 cm³/mol. The molecule has 2 aromatic rings. The summed E-state index contributed by atoms with van der Waals surface area (Å²) >= 11 is 12.3. The number of carbonyl (C=O) groups is 1. The van der Waals surface area contributed by atoms with Crippen LogP contribution in [0.25, 0.3) is 0 Å². The van der Waals surface area contributed by atoms with Crippen molar-refractivity contribution in [3.05, 3.63) is 62.9 Å². The molecule has 0 saturated heterocycles. The Morgan fingerprint density at radius 3 is 2.45 bits per heavy atom. The molecule has 0 aliphatic heterocycles. The quantitative estimate of drug-likeness (QED) is 0.524. The number of rotatable bonds is 3. The molecule has 1 aliphatic carbocycles. The largest absolute Gasteiger partial charge is 0.421 e. The van der Waals surface area contributed by atoms with E-state index >= 15 is 0 Å². The third-order valence-corrected chi connectivity index (χ3v) is 5.64. The number of halogens is 6. The summed E-state index contributed by atoms with van der Waals surface area (Å²) in [5.74, 6) is -0.416. The topological polar surface area (TPSA) is 61.4 Å². The van der Waals surface area contributed by atoms with Crippen LogP contribution in [0.15, 0.2) is 30.3 Å². The van der Waals surface area contributed by atoms with E-state index in [4.69, 9.17) is 23.2 Å². The van der Waals surface area contributed by atoms with Crippen LogP contribution in [0.1, 0.15) is 36.1 Å². The second-order valence-corrected chi connectivity index (χ2v) is 7.59. The molecule has 0 fully saturated rings. The Hall–Kier alpha value is -2.03. The van der Waals surface area contributed by atoms with Gasteiger partial charge in [0.25, 0.3) is 0 Å². The number of carbonyl (C=O) groups excluding carboxylic acids is 1. The molecule has 0 aromatic heterocycles. The van der Waals surface area contributed by atoms with Crippen molar-refractivity contribution in [2.75, 3.05) is 5.32 Å². The molecule has 0 unspecified atom stereocenters. The zero-order valence-electron chi connectivity index (χ0n) is 15.0. The zero-order valence-corrected chi connectivity index (χ0v) is 16.5. The molecule has 0 spiro atoms. The van der Waals surface area contributed by atoms with Crippen LogP contribution in [0.5, 0.6) is 0 Å². The number of benzene rings is 2. The van der Waals surface area contributed by atoms with Gasteiger partial charge >= 0.3 is 12.2 Å². The molecule has 2 atom stereocenters. The van der Waals surface area contributed by atoms with E-state index in [1.807, 2.05) is 0 Å². The Kier molecular flexibility index (Phi) is 5.73. The normalized spacial score (nSPS) is 19.6. The van der Waals surface area contributed by atoms with Crippen molar-refractivity contribution in [1.29, 1.82) is 0 Å². The van der Waals surface area contributed by atoms with Crippen molar-refractivity contribution in [2.45, 2.75) is 37.6 Å². The van der Waals surface area contributed by atoms with Gasteiger partial charge in [0.15, 0.2) is 5.60 Å². The summed E-state index contributed by atoms with van der Waals surface area (Å²) < 4.78 is 52.9. The van der Waals surface area contributed by atoms with E-state index in [0.717, 1.165) is 6.07 Å². The lowest BCUT2D eigenvalue weighted by atomic mass is 9.95. The maximum atomic E-state index is 13.3. The standard InChI is InChI=1S/C19H16Cl2F4N2O2/c1-9(10-2-4-11(22)5-3-10)26-17(28)27-16-14(20)8-13-12(15(16)21)6-7-18(13,29)19(23,24)25/h2-5,8-9,29H,6-7H2,1H3,(H2,26,27,28)/t9-,18+/m1/s1. The number of alkyl halides is 3. The van der Waals surface area contributed by atoms with Crippen molar-refractivity contribution in [2.24, 2.45) is 0 Å². The summed E-state index contributed by atoms with van der Waals surface area (Å²) in [4.78, 5) is 12.3. The molecule has 0 heterocycles. The van der Waals surface area contributed by atoms with Gasteiger partial charge in [0.05, 0.1) is 21.8 Å². The number of hydrogen-bond donors (Lipinski definition) is 3. The number of urea groups is 1. The molecule has 4 nitrogen and oxygen atoms in total. The van der Waals surface area contributed by atoms with E-state index in [2.05, 4.69) is 10.6 Å². The van der Waals surface area contributed by atoms with Crippen LogP contribution in [0.4, 0.5) is 28.0 Å². The summed E-state index contributed by atoms with van der Waals surface area (Å²) in [6.45, 7) is 1.67. The van der Waals surface area contributed by atoms with Gasteiger partial charge < -0.3 is 15.7 Å². The summed E-state index contributed by atoms with van der Waals surface area (Å²) in [6, 6.07) is 5.30. The van der Waals surface area contributed by atoms with E-state index in [1.165, 1.54) is 24.3 Å². The molecule has 1 aliphatic rings. The molecule has 3 N–H and O–H groups in total. The van der Waals surface area contributed by atoms with Gasteiger partial charge in [0.2, 0.25) is 0 Å². The lowest BCUT2D eigenvalue weighted by molar-refractivity contribution is -0.265. The number of anilines is 1. The highest BCUT2D eigenvalue weighted by atomic mass is 35.5. The molecule has 2 amide bonds. The summed E-state index contributed by atoms with van der Waals surface area (Å²) in [5, 5.41) is 14.8. The highest BCUT2D eigenvalue weighted by molar-refractivity contribution is 6.40. The smallest absolute Gasteiger partial charge is 0.376 e. The van der Waals surface area contributed by atoms with Crippen LogP contribution in [0.2, 0.25) is 10.0 Å². The highest BCUT2D eigenvalue weighted by Crippen LogP contribution is 2.52. The monoisotopic (exact) mass is 450 g/mol. The van der Waals surface area contributed by atoms with Crippen LogP contribution in [0, 0.1) is 5.82 Å². The molecule has 10 heteroatoms. The van der Waals surface area contributed by atoms with Gasteiger partial charge in [0, 0.05) is 0 Å². The molecule has 3 rings (SSSR count). The van der Waals surface area contributed by atoms with Gasteiger partial charge in [-0.1, -0.05) is 35.3 Å². The molecule has 0 saturated carbocycles. The fraction of sp³-hybridized carbons (Fsp3) is 0.316. The molecule has 0 bridgehead atoms. The Labute approximate surface area is 173 Å². The van der Waals surface area contributed by atoms with Crippen LogP contribution >= 0.6 is 23.2 Å². The van der Waals surface area contributed by atoms with Gasteiger partial charge in [-0.2, -0.15) is 13.2 Å². The van der Waals surface area contributed by atoms with Crippen LogP contribution in [-0.4, -0.2) is 17.3 Å². The van der Waals surface area contributed by atoms with E-state index in [9.17, 15) is 27.5 Å². The molecular weight excluding hydrogens is 435 g/mol. The average Bonchev–Trinajstić information content (AvgIpc) is 2.97. The Morgan fingerprint density at radius 2 is 1.86 bits per heavy atom. The van der Waals surface area contributed by atoms with Gasteiger partial charge in [-0.15, -0.1) is 0 Å². The molecule has 29 heavy (non-hydrogen) atoms. The predicted octanol–water partition coefficient (Wildman–Crippen LogP) is 5.71. The number of hydrogen-bond acceptors (Lipinski definition) is 2. The van der Waals surface area contributed by atoms with Crippen LogP contribution in [0.3, 0.4) is 0 Å². The van der Waals surface area contributed by atoms with Crippen molar-refractivity contribution in [3.63, 3.8) is 0 Å². The Balaban J connectivity index is 1.82. The summed E-state index contributed by atoms with van der Waals surface area (Å²) in [6.07, 6.45) is -5.59. The highest BCUT2D eigenvalue weighted by Gasteiger charge is 2.58. The van der Waals surface area contributed by atoms with Crippen LogP contribution < -0.4 is 10.6 Å². The first-order valence-corrected chi connectivity index (χ1v) is 9.33. The molecule has 156 valence electrons. The third kappa shape index (κ3) is 4.01. The lowest BCUT2D eigenvalue weighted by Crippen LogP contribution is -2.40. The minimum Gasteiger partial charge on any atom is -0.376 e. The fourth-order valence-corrected chi connectivity index (χ4v) is 3.95. The first-order chi connectivity index (χ1) is 13.4. The minimum absolute atomic E-state index is 0.0534. The van der Waals surface area contributed by atoms with Gasteiger partial charge in [-0.3, -0.25) is 0 Å².